The largest absolute Gasteiger partial charge is 0.358 e. The molecule has 0 saturated carbocycles. The predicted octanol–water partition coefficient (Wildman–Crippen LogP) is 4.11. The lowest BCUT2D eigenvalue weighted by Crippen LogP contribution is -2.27. The van der Waals surface area contributed by atoms with E-state index in [4.69, 9.17) is 12.2 Å². The van der Waals surface area contributed by atoms with E-state index >= 15 is 0 Å². The summed E-state index contributed by atoms with van der Waals surface area (Å²) in [5.41, 5.74) is 4.23. The lowest BCUT2D eigenvalue weighted by molar-refractivity contribution is 0.628. The Morgan fingerprint density at radius 3 is 2.78 bits per heavy atom. The average molecular weight is 327 g/mol. The second-order valence-corrected chi connectivity index (χ2v) is 5.96. The van der Waals surface area contributed by atoms with Crippen LogP contribution >= 0.6 is 12.2 Å². The Labute approximate surface area is 140 Å². The third kappa shape index (κ3) is 3.51. The fourth-order valence-electron chi connectivity index (χ4n) is 2.57. The highest BCUT2D eigenvalue weighted by Crippen LogP contribution is 2.19. The van der Waals surface area contributed by atoms with Crippen LogP contribution in [0.1, 0.15) is 11.3 Å². The molecule has 2 N–H and O–H groups in total. The minimum atomic E-state index is -0.289. The van der Waals surface area contributed by atoms with Crippen LogP contribution in [0.25, 0.3) is 10.9 Å². The number of halogens is 1. The molecule has 0 aliphatic rings. The molecule has 1 heterocycles. The highest BCUT2D eigenvalue weighted by molar-refractivity contribution is 7.80. The fourth-order valence-corrected chi connectivity index (χ4v) is 2.76. The number of anilines is 1. The molecule has 0 bridgehead atoms. The average Bonchev–Trinajstić information content (AvgIpc) is 2.80. The van der Waals surface area contributed by atoms with E-state index in [1.54, 1.807) is 12.1 Å². The molecule has 0 unspecified atom stereocenters. The number of aryl methyl sites for hydroxylation is 2. The Kier molecular flexibility index (Phi) is 4.30. The van der Waals surface area contributed by atoms with Crippen LogP contribution < -0.4 is 10.6 Å². The van der Waals surface area contributed by atoms with Gasteiger partial charge in [-0.15, -0.1) is 0 Å². The zero-order chi connectivity index (χ0) is 16.4. The van der Waals surface area contributed by atoms with Gasteiger partial charge in [0, 0.05) is 35.9 Å². The van der Waals surface area contributed by atoms with Gasteiger partial charge in [0.25, 0.3) is 0 Å². The van der Waals surface area contributed by atoms with Crippen LogP contribution in [0.15, 0.2) is 48.5 Å². The molecule has 5 heteroatoms. The number of hydrogen-bond acceptors (Lipinski definition) is 1. The fraction of sp³-hybridized carbons (Fsp3) is 0.167. The first-order chi connectivity index (χ1) is 11.0. The van der Waals surface area contributed by atoms with Crippen molar-refractivity contribution in [2.24, 2.45) is 7.05 Å². The van der Waals surface area contributed by atoms with Crippen molar-refractivity contribution in [3.63, 3.8) is 0 Å². The number of fused-ring (bicyclic) bond motifs is 1. The summed E-state index contributed by atoms with van der Waals surface area (Å²) in [4.78, 5) is 0. The molecular formula is C18H18FN3S. The SMILES string of the molecule is Cc1cc2cc(CNC(=S)Nc3cccc(F)c3)ccc2n1C. The summed E-state index contributed by atoms with van der Waals surface area (Å²) in [6.45, 7) is 2.71. The Morgan fingerprint density at radius 2 is 2.00 bits per heavy atom. The molecule has 3 nitrogen and oxygen atoms in total. The molecule has 23 heavy (non-hydrogen) atoms. The summed E-state index contributed by atoms with van der Waals surface area (Å²) in [5, 5.41) is 7.81. The smallest absolute Gasteiger partial charge is 0.171 e. The molecule has 0 aliphatic heterocycles. The second-order valence-electron chi connectivity index (χ2n) is 5.56. The Balaban J connectivity index is 1.64. The highest BCUT2D eigenvalue weighted by atomic mass is 32.1. The van der Waals surface area contributed by atoms with Crippen molar-refractivity contribution in [2.75, 3.05) is 5.32 Å². The van der Waals surface area contributed by atoms with Gasteiger partial charge in [-0.05, 0) is 61.1 Å². The Bertz CT molecular complexity index is 870. The van der Waals surface area contributed by atoms with Gasteiger partial charge in [0.15, 0.2) is 5.11 Å². The van der Waals surface area contributed by atoms with Crippen LogP contribution in [0.4, 0.5) is 10.1 Å². The number of thiocarbonyl (C=S) groups is 1. The van der Waals surface area contributed by atoms with Crippen LogP contribution in [0.3, 0.4) is 0 Å². The van der Waals surface area contributed by atoms with E-state index in [-0.39, 0.29) is 5.82 Å². The van der Waals surface area contributed by atoms with Gasteiger partial charge in [0.05, 0.1) is 0 Å². The molecule has 3 aromatic rings. The maximum Gasteiger partial charge on any atom is 0.171 e. The topological polar surface area (TPSA) is 29.0 Å². The lowest BCUT2D eigenvalue weighted by atomic mass is 10.1. The molecule has 0 atom stereocenters. The third-order valence-corrected chi connectivity index (χ3v) is 4.13. The van der Waals surface area contributed by atoms with Gasteiger partial charge in [-0.2, -0.15) is 0 Å². The van der Waals surface area contributed by atoms with Gasteiger partial charge in [-0.3, -0.25) is 0 Å². The molecular weight excluding hydrogens is 309 g/mol. The number of nitrogens with one attached hydrogen (secondary N) is 2. The summed E-state index contributed by atoms with van der Waals surface area (Å²) in [7, 11) is 2.06. The van der Waals surface area contributed by atoms with Crippen LogP contribution in [0.2, 0.25) is 0 Å². The van der Waals surface area contributed by atoms with Crippen molar-refractivity contribution in [1.82, 2.24) is 9.88 Å². The molecule has 3 rings (SSSR count). The van der Waals surface area contributed by atoms with Gasteiger partial charge in [0.2, 0.25) is 0 Å². The molecule has 0 radical (unpaired) electrons. The van der Waals surface area contributed by atoms with Crippen molar-refractivity contribution in [1.29, 1.82) is 0 Å². The lowest BCUT2D eigenvalue weighted by Gasteiger charge is -2.11. The minimum Gasteiger partial charge on any atom is -0.358 e. The first-order valence-corrected chi connectivity index (χ1v) is 7.79. The first-order valence-electron chi connectivity index (χ1n) is 7.38. The Hall–Kier alpha value is -2.40. The monoisotopic (exact) mass is 327 g/mol. The number of benzene rings is 2. The van der Waals surface area contributed by atoms with E-state index in [2.05, 4.69) is 53.4 Å². The number of aromatic nitrogens is 1. The molecule has 0 spiro atoms. The summed E-state index contributed by atoms with van der Waals surface area (Å²) < 4.78 is 15.3. The van der Waals surface area contributed by atoms with Gasteiger partial charge < -0.3 is 15.2 Å². The minimum absolute atomic E-state index is 0.289. The van der Waals surface area contributed by atoms with E-state index in [0.29, 0.717) is 17.3 Å². The van der Waals surface area contributed by atoms with Crippen LogP contribution in [0.5, 0.6) is 0 Å². The van der Waals surface area contributed by atoms with Crippen molar-refractivity contribution in [2.45, 2.75) is 13.5 Å². The third-order valence-electron chi connectivity index (χ3n) is 3.88. The van der Waals surface area contributed by atoms with E-state index < -0.39 is 0 Å². The summed E-state index contributed by atoms with van der Waals surface area (Å²) in [6, 6.07) is 14.7. The maximum atomic E-state index is 13.1. The normalized spacial score (nSPS) is 10.7. The molecule has 0 saturated heterocycles. The molecule has 2 aromatic carbocycles. The van der Waals surface area contributed by atoms with Gasteiger partial charge in [-0.1, -0.05) is 12.1 Å². The maximum absolute atomic E-state index is 13.1. The molecule has 118 valence electrons. The molecule has 0 aliphatic carbocycles. The van der Waals surface area contributed by atoms with Crippen molar-refractivity contribution < 1.29 is 4.39 Å². The summed E-state index contributed by atoms with van der Waals surface area (Å²) >= 11 is 5.25. The van der Waals surface area contributed by atoms with Gasteiger partial charge in [-0.25, -0.2) is 4.39 Å². The van der Waals surface area contributed by atoms with Crippen LogP contribution in [-0.4, -0.2) is 9.68 Å². The zero-order valence-electron chi connectivity index (χ0n) is 13.1. The Morgan fingerprint density at radius 1 is 1.17 bits per heavy atom. The first kappa shape index (κ1) is 15.5. The van der Waals surface area contributed by atoms with Gasteiger partial charge >= 0.3 is 0 Å². The summed E-state index contributed by atoms with van der Waals surface area (Å²) in [5.74, 6) is -0.289. The van der Waals surface area contributed by atoms with E-state index in [9.17, 15) is 4.39 Å². The molecule has 0 fully saturated rings. The van der Waals surface area contributed by atoms with Gasteiger partial charge in [0.1, 0.15) is 5.82 Å². The number of rotatable bonds is 3. The predicted molar refractivity (Wildman–Crippen MR) is 97.1 cm³/mol. The van der Waals surface area contributed by atoms with Crippen LogP contribution in [-0.2, 0) is 13.6 Å². The number of hydrogen-bond donors (Lipinski definition) is 2. The zero-order valence-corrected chi connectivity index (χ0v) is 13.9. The van der Waals surface area contributed by atoms with E-state index in [1.807, 2.05) is 0 Å². The van der Waals surface area contributed by atoms with E-state index in [1.165, 1.54) is 28.7 Å². The van der Waals surface area contributed by atoms with Crippen molar-refractivity contribution in [3.8, 4) is 0 Å². The van der Waals surface area contributed by atoms with Crippen molar-refractivity contribution in [3.05, 3.63) is 65.6 Å². The van der Waals surface area contributed by atoms with Crippen LogP contribution in [0, 0.1) is 12.7 Å². The van der Waals surface area contributed by atoms with Crippen molar-refractivity contribution >= 4 is 33.9 Å². The standard InChI is InChI=1S/C18H18FN3S/c1-12-8-14-9-13(6-7-17(14)22(12)2)11-20-18(23)21-16-5-3-4-15(19)10-16/h3-10H,11H2,1-2H3,(H2,20,21,23). The summed E-state index contributed by atoms with van der Waals surface area (Å²) in [6.07, 6.45) is 0. The number of nitrogens with zero attached hydrogens (tertiary/aromatic N) is 1. The molecule has 1 aromatic heterocycles. The highest BCUT2D eigenvalue weighted by Gasteiger charge is 2.04. The quantitative estimate of drug-likeness (QED) is 0.709. The molecule has 0 amide bonds. The second kappa shape index (κ2) is 6.38. The van der Waals surface area contributed by atoms with E-state index in [0.717, 1.165) is 5.56 Å².